The number of hydrogen-bond acceptors (Lipinski definition) is 3. The summed E-state index contributed by atoms with van der Waals surface area (Å²) >= 11 is 0. The molecule has 118 valence electrons. The zero-order valence-electron chi connectivity index (χ0n) is 11.5. The van der Waals surface area contributed by atoms with E-state index in [2.05, 4.69) is 0 Å². The van der Waals surface area contributed by atoms with E-state index < -0.39 is 17.6 Å². The molecule has 0 aliphatic carbocycles. The second-order valence-corrected chi connectivity index (χ2v) is 5.11. The van der Waals surface area contributed by atoms with Gasteiger partial charge in [0.1, 0.15) is 5.82 Å². The molecule has 1 atom stereocenters. The van der Waals surface area contributed by atoms with Gasteiger partial charge in [0, 0.05) is 25.2 Å². The van der Waals surface area contributed by atoms with E-state index >= 15 is 0 Å². The number of rotatable bonds is 4. The third-order valence-corrected chi connectivity index (χ3v) is 3.49. The van der Waals surface area contributed by atoms with Crippen LogP contribution in [-0.2, 0) is 17.5 Å². The number of nitrogens with two attached hydrogens (primary N) is 1. The molecule has 2 rings (SSSR count). The van der Waals surface area contributed by atoms with Gasteiger partial charge in [-0.05, 0) is 25.1 Å². The van der Waals surface area contributed by atoms with Gasteiger partial charge in [-0.3, -0.25) is 4.90 Å². The molecule has 0 saturated carbocycles. The smallest absolute Gasteiger partial charge is 0.376 e. The molecule has 1 aromatic rings. The van der Waals surface area contributed by atoms with Crippen molar-refractivity contribution in [1.82, 2.24) is 4.90 Å². The minimum absolute atomic E-state index is 0.00117. The summed E-state index contributed by atoms with van der Waals surface area (Å²) in [5, 5.41) is 0. The number of hydrogen-bond donors (Lipinski definition) is 1. The van der Waals surface area contributed by atoms with Crippen LogP contribution in [0.4, 0.5) is 17.6 Å². The van der Waals surface area contributed by atoms with E-state index in [4.69, 9.17) is 10.5 Å². The lowest BCUT2D eigenvalue weighted by Gasteiger charge is -2.32. The van der Waals surface area contributed by atoms with Gasteiger partial charge in [-0.1, -0.05) is 6.07 Å². The first kappa shape index (κ1) is 16.2. The largest absolute Gasteiger partial charge is 0.416 e. The average Bonchev–Trinajstić information content (AvgIpc) is 2.41. The van der Waals surface area contributed by atoms with E-state index in [1.807, 2.05) is 4.90 Å². The maximum atomic E-state index is 13.8. The van der Waals surface area contributed by atoms with Crippen LogP contribution in [0, 0.1) is 5.82 Å². The van der Waals surface area contributed by atoms with E-state index in [1.165, 1.54) is 6.07 Å². The van der Waals surface area contributed by atoms with Crippen LogP contribution >= 0.6 is 0 Å². The lowest BCUT2D eigenvalue weighted by molar-refractivity contribution is -0.137. The standard InChI is InChI=1S/C14H18F4N2O/c15-13-7-11(14(16,17)18)2-1-10(13)8-20-5-6-21-12(9-20)3-4-19/h1-2,7,12H,3-6,8-9,19H2/t12-/m1/s1. The van der Waals surface area contributed by atoms with Gasteiger partial charge in [0.25, 0.3) is 0 Å². The highest BCUT2D eigenvalue weighted by molar-refractivity contribution is 5.26. The molecule has 0 unspecified atom stereocenters. The van der Waals surface area contributed by atoms with Gasteiger partial charge >= 0.3 is 6.18 Å². The summed E-state index contributed by atoms with van der Waals surface area (Å²) in [5.74, 6) is -0.827. The molecule has 1 aliphatic rings. The quantitative estimate of drug-likeness (QED) is 0.868. The first-order chi connectivity index (χ1) is 9.90. The Labute approximate surface area is 120 Å². The normalized spacial score (nSPS) is 20.7. The summed E-state index contributed by atoms with van der Waals surface area (Å²) in [7, 11) is 0. The Hall–Kier alpha value is -1.18. The van der Waals surface area contributed by atoms with Crippen molar-refractivity contribution in [3.05, 3.63) is 35.1 Å². The van der Waals surface area contributed by atoms with Gasteiger partial charge in [-0.15, -0.1) is 0 Å². The molecule has 7 heteroatoms. The van der Waals surface area contributed by atoms with Crippen LogP contribution in [0.15, 0.2) is 18.2 Å². The Balaban J connectivity index is 2.02. The molecule has 0 spiro atoms. The molecular weight excluding hydrogens is 288 g/mol. The maximum Gasteiger partial charge on any atom is 0.416 e. The first-order valence-electron chi connectivity index (χ1n) is 6.80. The summed E-state index contributed by atoms with van der Waals surface area (Å²) in [5.41, 5.74) is 4.77. The summed E-state index contributed by atoms with van der Waals surface area (Å²) < 4.78 is 56.8. The fraction of sp³-hybridized carbons (Fsp3) is 0.571. The van der Waals surface area contributed by atoms with Gasteiger partial charge < -0.3 is 10.5 Å². The highest BCUT2D eigenvalue weighted by atomic mass is 19.4. The maximum absolute atomic E-state index is 13.8. The van der Waals surface area contributed by atoms with Crippen LogP contribution in [0.5, 0.6) is 0 Å². The third kappa shape index (κ3) is 4.39. The molecular formula is C14H18F4N2O. The molecule has 1 aliphatic heterocycles. The van der Waals surface area contributed by atoms with Crippen molar-refractivity contribution in [3.8, 4) is 0 Å². The Morgan fingerprint density at radius 1 is 1.33 bits per heavy atom. The SMILES string of the molecule is NCC[C@@H]1CN(Cc2ccc(C(F)(F)F)cc2F)CCO1. The van der Waals surface area contributed by atoms with Crippen LogP contribution in [0.25, 0.3) is 0 Å². The summed E-state index contributed by atoms with van der Waals surface area (Å²) in [4.78, 5) is 1.97. The minimum Gasteiger partial charge on any atom is -0.376 e. The van der Waals surface area contributed by atoms with Gasteiger partial charge in [0.2, 0.25) is 0 Å². The highest BCUT2D eigenvalue weighted by Gasteiger charge is 2.31. The molecule has 1 aromatic carbocycles. The number of halogens is 4. The van der Waals surface area contributed by atoms with Crippen LogP contribution in [0.2, 0.25) is 0 Å². The molecule has 3 nitrogen and oxygen atoms in total. The van der Waals surface area contributed by atoms with Crippen LogP contribution in [-0.4, -0.2) is 37.2 Å². The molecule has 0 amide bonds. The van der Waals surface area contributed by atoms with E-state index in [1.54, 1.807) is 0 Å². The summed E-state index contributed by atoms with van der Waals surface area (Å²) in [6.45, 7) is 2.54. The van der Waals surface area contributed by atoms with Crippen LogP contribution in [0.1, 0.15) is 17.5 Å². The molecule has 1 saturated heterocycles. The van der Waals surface area contributed by atoms with Crippen molar-refractivity contribution in [2.45, 2.75) is 25.2 Å². The van der Waals surface area contributed by atoms with E-state index in [0.29, 0.717) is 38.7 Å². The van der Waals surface area contributed by atoms with Gasteiger partial charge in [0.05, 0.1) is 18.3 Å². The molecule has 0 bridgehead atoms. The van der Waals surface area contributed by atoms with E-state index in [-0.39, 0.29) is 18.2 Å². The average molecular weight is 306 g/mol. The summed E-state index contributed by atoms with van der Waals surface area (Å²) in [6, 6.07) is 2.66. The monoisotopic (exact) mass is 306 g/mol. The van der Waals surface area contributed by atoms with E-state index in [9.17, 15) is 17.6 Å². The molecule has 2 N–H and O–H groups in total. The molecule has 0 radical (unpaired) electrons. The molecule has 21 heavy (non-hydrogen) atoms. The second kappa shape index (κ2) is 6.72. The molecule has 1 fully saturated rings. The number of nitrogens with zero attached hydrogens (tertiary/aromatic N) is 1. The van der Waals surface area contributed by atoms with Crippen molar-refractivity contribution < 1.29 is 22.3 Å². The van der Waals surface area contributed by atoms with Gasteiger partial charge in [0.15, 0.2) is 0 Å². The number of benzene rings is 1. The zero-order chi connectivity index (χ0) is 15.5. The number of morpholine rings is 1. The predicted octanol–water partition coefficient (Wildman–Crippen LogP) is 2.39. The minimum atomic E-state index is -4.52. The Morgan fingerprint density at radius 2 is 2.10 bits per heavy atom. The van der Waals surface area contributed by atoms with Crippen molar-refractivity contribution in [1.29, 1.82) is 0 Å². The lowest BCUT2D eigenvalue weighted by atomic mass is 10.1. The Kier molecular flexibility index (Phi) is 5.18. The second-order valence-electron chi connectivity index (χ2n) is 5.11. The lowest BCUT2D eigenvalue weighted by Crippen LogP contribution is -2.42. The topological polar surface area (TPSA) is 38.5 Å². The Bertz CT molecular complexity index is 477. The third-order valence-electron chi connectivity index (χ3n) is 3.49. The van der Waals surface area contributed by atoms with Crippen LogP contribution in [0.3, 0.4) is 0 Å². The van der Waals surface area contributed by atoms with Crippen molar-refractivity contribution in [2.75, 3.05) is 26.2 Å². The van der Waals surface area contributed by atoms with E-state index in [0.717, 1.165) is 6.07 Å². The number of ether oxygens (including phenoxy) is 1. The molecule has 0 aromatic heterocycles. The highest BCUT2D eigenvalue weighted by Crippen LogP contribution is 2.30. The van der Waals surface area contributed by atoms with Crippen molar-refractivity contribution in [2.24, 2.45) is 5.73 Å². The summed E-state index contributed by atoms with van der Waals surface area (Å²) in [6.07, 6.45) is -3.81. The van der Waals surface area contributed by atoms with Crippen molar-refractivity contribution in [3.63, 3.8) is 0 Å². The zero-order valence-corrected chi connectivity index (χ0v) is 11.5. The Morgan fingerprint density at radius 3 is 2.71 bits per heavy atom. The van der Waals surface area contributed by atoms with Gasteiger partial charge in [-0.2, -0.15) is 13.2 Å². The molecule has 1 heterocycles. The number of alkyl halides is 3. The fourth-order valence-electron chi connectivity index (χ4n) is 2.38. The fourth-order valence-corrected chi connectivity index (χ4v) is 2.38. The van der Waals surface area contributed by atoms with Crippen molar-refractivity contribution >= 4 is 0 Å². The van der Waals surface area contributed by atoms with Gasteiger partial charge in [-0.25, -0.2) is 4.39 Å². The first-order valence-corrected chi connectivity index (χ1v) is 6.80. The van der Waals surface area contributed by atoms with Crippen LogP contribution < -0.4 is 5.73 Å². The predicted molar refractivity (Wildman–Crippen MR) is 70.1 cm³/mol.